The third-order valence-corrected chi connectivity index (χ3v) is 4.76. The highest BCUT2D eigenvalue weighted by molar-refractivity contribution is 5.70. The first kappa shape index (κ1) is 22.5. The number of unbranched alkanes of at least 4 members (excludes halogenated alkanes) is 1. The fourth-order valence-corrected chi connectivity index (χ4v) is 3.40. The van der Waals surface area contributed by atoms with E-state index in [0.29, 0.717) is 13.0 Å². The van der Waals surface area contributed by atoms with Crippen molar-refractivity contribution < 1.29 is 19.0 Å². The molecular weight excluding hydrogens is 354 g/mol. The number of anilines is 1. The summed E-state index contributed by atoms with van der Waals surface area (Å²) in [7, 11) is 0. The van der Waals surface area contributed by atoms with Gasteiger partial charge in [-0.2, -0.15) is 0 Å². The van der Waals surface area contributed by atoms with Crippen LogP contribution in [0.4, 0.5) is 5.69 Å². The van der Waals surface area contributed by atoms with E-state index in [-0.39, 0.29) is 17.5 Å². The van der Waals surface area contributed by atoms with E-state index < -0.39 is 11.7 Å². The molecule has 0 spiro atoms. The molecule has 0 saturated heterocycles. The Bertz CT molecular complexity index is 663. The summed E-state index contributed by atoms with van der Waals surface area (Å²) >= 11 is 0. The zero-order chi connectivity index (χ0) is 20.9. The van der Waals surface area contributed by atoms with Crippen molar-refractivity contribution in [2.24, 2.45) is 5.41 Å². The van der Waals surface area contributed by atoms with Crippen molar-refractivity contribution in [1.29, 1.82) is 0 Å². The van der Waals surface area contributed by atoms with Gasteiger partial charge in [0.15, 0.2) is 6.10 Å². The monoisotopic (exact) mass is 391 g/mol. The maximum absolute atomic E-state index is 12.6. The summed E-state index contributed by atoms with van der Waals surface area (Å²) in [6, 6.07) is 6.03. The summed E-state index contributed by atoms with van der Waals surface area (Å²) < 4.78 is 18.5. The van der Waals surface area contributed by atoms with E-state index >= 15 is 0 Å². The lowest BCUT2D eigenvalue weighted by atomic mass is 9.87. The van der Waals surface area contributed by atoms with Gasteiger partial charge in [-0.1, -0.05) is 34.1 Å². The van der Waals surface area contributed by atoms with Crippen LogP contribution in [-0.2, 0) is 14.3 Å². The second-order valence-electron chi connectivity index (χ2n) is 9.28. The van der Waals surface area contributed by atoms with Crippen LogP contribution in [0.1, 0.15) is 79.4 Å². The second-order valence-corrected chi connectivity index (χ2v) is 9.28. The minimum Gasteiger partial charge on any atom is -0.483 e. The smallest absolute Gasteiger partial charge is 0.306 e. The first-order valence-corrected chi connectivity index (χ1v) is 10.5. The van der Waals surface area contributed by atoms with Crippen LogP contribution in [0.5, 0.6) is 5.75 Å². The van der Waals surface area contributed by atoms with Crippen LogP contribution in [0.2, 0.25) is 0 Å². The molecule has 5 nitrogen and oxygen atoms in total. The minimum atomic E-state index is -0.683. The molecule has 0 radical (unpaired) electrons. The highest BCUT2D eigenvalue weighted by Crippen LogP contribution is 2.44. The lowest BCUT2D eigenvalue weighted by Crippen LogP contribution is -2.52. The van der Waals surface area contributed by atoms with Crippen LogP contribution in [0.25, 0.3) is 0 Å². The molecule has 2 unspecified atom stereocenters. The topological polar surface area (TPSA) is 56.8 Å². The van der Waals surface area contributed by atoms with Crippen LogP contribution >= 0.6 is 0 Å². The van der Waals surface area contributed by atoms with Gasteiger partial charge in [0.25, 0.3) is 0 Å². The van der Waals surface area contributed by atoms with Crippen molar-refractivity contribution >= 4 is 11.7 Å². The zero-order valence-electron chi connectivity index (χ0n) is 18.6. The van der Waals surface area contributed by atoms with Crippen molar-refractivity contribution in [2.45, 2.75) is 85.5 Å². The first-order valence-electron chi connectivity index (χ1n) is 10.5. The highest BCUT2D eigenvalue weighted by atomic mass is 16.6. The molecule has 1 aromatic carbocycles. The number of fused-ring (bicyclic) bond motifs is 1. The van der Waals surface area contributed by atoms with E-state index in [4.69, 9.17) is 14.2 Å². The van der Waals surface area contributed by atoms with E-state index in [1.807, 2.05) is 46.8 Å². The molecule has 1 aromatic rings. The van der Waals surface area contributed by atoms with Crippen LogP contribution < -0.4 is 10.1 Å². The van der Waals surface area contributed by atoms with Gasteiger partial charge in [0.2, 0.25) is 0 Å². The highest BCUT2D eigenvalue weighted by Gasteiger charge is 2.47. The fraction of sp³-hybridized carbons (Fsp3) is 0.696. The molecule has 1 aliphatic rings. The van der Waals surface area contributed by atoms with Gasteiger partial charge in [0.1, 0.15) is 17.5 Å². The van der Waals surface area contributed by atoms with Gasteiger partial charge in [-0.25, -0.2) is 0 Å². The van der Waals surface area contributed by atoms with E-state index in [0.717, 1.165) is 36.4 Å². The number of carbonyl (C=O) groups is 1. The average Bonchev–Trinajstić information content (AvgIpc) is 2.56. The number of esters is 1. The third kappa shape index (κ3) is 5.87. The SMILES string of the molecule is CCCCOC1c2cc(NCC)ccc2OC(C)(C)C1OC(=O)CC(C)(C)C. The van der Waals surface area contributed by atoms with Crippen molar-refractivity contribution in [3.63, 3.8) is 0 Å². The molecule has 2 atom stereocenters. The Kier molecular flexibility index (Phi) is 7.38. The summed E-state index contributed by atoms with van der Waals surface area (Å²) in [4.78, 5) is 12.6. The molecule has 0 saturated carbocycles. The quantitative estimate of drug-likeness (QED) is 0.469. The fourth-order valence-electron chi connectivity index (χ4n) is 3.40. The number of hydrogen-bond acceptors (Lipinski definition) is 5. The zero-order valence-corrected chi connectivity index (χ0v) is 18.6. The molecule has 0 aromatic heterocycles. The third-order valence-electron chi connectivity index (χ3n) is 4.76. The lowest BCUT2D eigenvalue weighted by Gasteiger charge is -2.44. The lowest BCUT2D eigenvalue weighted by molar-refractivity contribution is -0.186. The summed E-state index contributed by atoms with van der Waals surface area (Å²) in [5.74, 6) is 0.570. The van der Waals surface area contributed by atoms with Gasteiger partial charge in [0, 0.05) is 24.4 Å². The van der Waals surface area contributed by atoms with E-state index in [2.05, 4.69) is 25.2 Å². The molecular formula is C23H37NO4. The number of carbonyl (C=O) groups excluding carboxylic acids is 1. The van der Waals surface area contributed by atoms with Crippen molar-refractivity contribution in [3.05, 3.63) is 23.8 Å². The van der Waals surface area contributed by atoms with Gasteiger partial charge in [-0.15, -0.1) is 0 Å². The Labute approximate surface area is 170 Å². The molecule has 1 N–H and O–H groups in total. The summed E-state index contributed by atoms with van der Waals surface area (Å²) in [5, 5.41) is 3.33. The molecule has 158 valence electrons. The van der Waals surface area contributed by atoms with Crippen molar-refractivity contribution in [2.75, 3.05) is 18.5 Å². The number of ether oxygens (including phenoxy) is 3. The molecule has 0 fully saturated rings. The van der Waals surface area contributed by atoms with Gasteiger partial charge >= 0.3 is 5.97 Å². The molecule has 0 aliphatic carbocycles. The molecule has 1 heterocycles. The standard InChI is InChI=1S/C23H37NO4/c1-8-10-13-26-20-17-14-16(24-9-2)11-12-18(17)28-23(6,7)21(20)27-19(25)15-22(3,4)5/h11-12,14,20-21,24H,8-10,13,15H2,1-7H3. The predicted octanol–water partition coefficient (Wildman–Crippen LogP) is 5.50. The predicted molar refractivity (Wildman–Crippen MR) is 113 cm³/mol. The molecule has 0 amide bonds. The molecule has 28 heavy (non-hydrogen) atoms. The summed E-state index contributed by atoms with van der Waals surface area (Å²) in [6.45, 7) is 15.7. The number of benzene rings is 1. The largest absolute Gasteiger partial charge is 0.483 e. The van der Waals surface area contributed by atoms with Gasteiger partial charge in [-0.05, 0) is 50.8 Å². The molecule has 0 bridgehead atoms. The number of hydrogen-bond donors (Lipinski definition) is 1. The summed E-state index contributed by atoms with van der Waals surface area (Å²) in [6.07, 6.45) is 1.50. The van der Waals surface area contributed by atoms with Gasteiger partial charge in [-0.3, -0.25) is 4.79 Å². The second kappa shape index (κ2) is 9.17. The van der Waals surface area contributed by atoms with E-state index in [1.54, 1.807) is 0 Å². The van der Waals surface area contributed by atoms with Crippen molar-refractivity contribution in [1.82, 2.24) is 0 Å². The maximum atomic E-state index is 12.6. The Morgan fingerprint density at radius 1 is 1.25 bits per heavy atom. The summed E-state index contributed by atoms with van der Waals surface area (Å²) in [5.41, 5.74) is 1.12. The maximum Gasteiger partial charge on any atom is 0.306 e. The van der Waals surface area contributed by atoms with E-state index in [9.17, 15) is 4.79 Å². The Morgan fingerprint density at radius 2 is 1.96 bits per heavy atom. The van der Waals surface area contributed by atoms with Gasteiger partial charge in [0.05, 0.1) is 6.42 Å². The van der Waals surface area contributed by atoms with E-state index in [1.165, 1.54) is 0 Å². The number of nitrogens with one attached hydrogen (secondary N) is 1. The molecule has 2 rings (SSSR count). The average molecular weight is 392 g/mol. The van der Waals surface area contributed by atoms with Crippen LogP contribution in [0, 0.1) is 5.41 Å². The minimum absolute atomic E-state index is 0.133. The number of rotatable bonds is 8. The Hall–Kier alpha value is -1.75. The van der Waals surface area contributed by atoms with Crippen molar-refractivity contribution in [3.8, 4) is 5.75 Å². The molecule has 5 heteroatoms. The van der Waals surface area contributed by atoms with Crippen LogP contribution in [0.15, 0.2) is 18.2 Å². The Balaban J connectivity index is 2.36. The normalized spacial score (nSPS) is 20.8. The van der Waals surface area contributed by atoms with Gasteiger partial charge < -0.3 is 19.5 Å². The molecule has 1 aliphatic heterocycles. The first-order chi connectivity index (χ1) is 13.1. The Morgan fingerprint density at radius 3 is 2.57 bits per heavy atom. The van der Waals surface area contributed by atoms with Crippen LogP contribution in [-0.4, -0.2) is 30.8 Å². The van der Waals surface area contributed by atoms with Crippen LogP contribution in [0.3, 0.4) is 0 Å².